The molecule has 25 heavy (non-hydrogen) atoms. The normalized spacial score (nSPS) is 10.6. The van der Waals surface area contributed by atoms with Crippen molar-refractivity contribution in [3.8, 4) is 16.9 Å². The van der Waals surface area contributed by atoms with Crippen LogP contribution in [0.3, 0.4) is 0 Å². The monoisotopic (exact) mass is 336 g/mol. The first-order chi connectivity index (χ1) is 12.2. The van der Waals surface area contributed by atoms with Gasteiger partial charge in [0.2, 0.25) is 0 Å². The van der Waals surface area contributed by atoms with Gasteiger partial charge in [0.15, 0.2) is 0 Å². The van der Waals surface area contributed by atoms with Crippen LogP contribution in [0.15, 0.2) is 67.3 Å². The van der Waals surface area contributed by atoms with Gasteiger partial charge in [-0.1, -0.05) is 42.5 Å². The lowest BCUT2D eigenvalue weighted by molar-refractivity contribution is -0.134. The number of benzene rings is 2. The van der Waals surface area contributed by atoms with Crippen LogP contribution in [0.5, 0.6) is 5.75 Å². The minimum absolute atomic E-state index is 0.357. The van der Waals surface area contributed by atoms with Gasteiger partial charge in [-0.15, -0.1) is 6.58 Å². The Bertz CT molecular complexity index is 697. The fourth-order valence-corrected chi connectivity index (χ4v) is 2.34. The van der Waals surface area contributed by atoms with Crippen LogP contribution in [0.2, 0.25) is 0 Å². The summed E-state index contributed by atoms with van der Waals surface area (Å²) in [6.07, 6.45) is 8.26. The molecule has 2 aromatic carbocycles. The first-order valence-corrected chi connectivity index (χ1v) is 8.43. The van der Waals surface area contributed by atoms with Gasteiger partial charge >= 0.3 is 5.97 Å². The Labute approximate surface area is 149 Å². The number of rotatable bonds is 9. The Kier molecular flexibility index (Phi) is 7.51. The maximum Gasteiger partial charge on any atom is 0.330 e. The van der Waals surface area contributed by atoms with Gasteiger partial charge in [-0.05, 0) is 54.2 Å². The Balaban J connectivity index is 1.92. The molecule has 0 unspecified atom stereocenters. The van der Waals surface area contributed by atoms with Crippen LogP contribution in [-0.4, -0.2) is 19.7 Å². The Morgan fingerprint density at radius 3 is 2.24 bits per heavy atom. The number of methoxy groups -OCH3 is 1. The van der Waals surface area contributed by atoms with Gasteiger partial charge in [-0.3, -0.25) is 0 Å². The number of ether oxygens (including phenoxy) is 2. The van der Waals surface area contributed by atoms with Gasteiger partial charge < -0.3 is 9.47 Å². The molecule has 0 bridgehead atoms. The summed E-state index contributed by atoms with van der Waals surface area (Å²) in [4.78, 5) is 11.1. The number of hydrogen-bond acceptors (Lipinski definition) is 3. The van der Waals surface area contributed by atoms with Crippen LogP contribution >= 0.6 is 0 Å². The molecule has 0 atom stereocenters. The summed E-state index contributed by atoms with van der Waals surface area (Å²) in [7, 11) is 1.37. The molecule has 0 fully saturated rings. The largest absolute Gasteiger partial charge is 0.494 e. The van der Waals surface area contributed by atoms with E-state index < -0.39 is 0 Å². The maximum atomic E-state index is 11.1. The zero-order chi connectivity index (χ0) is 17.9. The Hall–Kier alpha value is -2.81. The first kappa shape index (κ1) is 18.5. The number of unbranched alkanes of at least 4 members (excludes halogenated alkanes) is 2. The summed E-state index contributed by atoms with van der Waals surface area (Å²) in [5.41, 5.74) is 3.20. The SMILES string of the molecule is C=CCCCCOc1ccc(-c2ccc(C=CC(=O)OC)cc2)cc1. The molecule has 3 heteroatoms. The number of hydrogen-bond donors (Lipinski definition) is 0. The molecule has 0 N–H and O–H groups in total. The molecule has 130 valence electrons. The molecule has 0 amide bonds. The number of carbonyl (C=O) groups excluding carboxylic acids is 1. The predicted molar refractivity (Wildman–Crippen MR) is 102 cm³/mol. The molecule has 0 radical (unpaired) electrons. The lowest BCUT2D eigenvalue weighted by Gasteiger charge is -2.07. The second-order valence-corrected chi connectivity index (χ2v) is 5.64. The average Bonchev–Trinajstić information content (AvgIpc) is 2.67. The van der Waals surface area contributed by atoms with Crippen molar-refractivity contribution in [2.24, 2.45) is 0 Å². The highest BCUT2D eigenvalue weighted by Crippen LogP contribution is 2.23. The number of carbonyl (C=O) groups is 1. The molecule has 2 rings (SSSR count). The van der Waals surface area contributed by atoms with E-state index >= 15 is 0 Å². The van der Waals surface area contributed by atoms with Crippen LogP contribution in [0.4, 0.5) is 0 Å². The molecule has 3 nitrogen and oxygen atoms in total. The van der Waals surface area contributed by atoms with E-state index in [0.29, 0.717) is 0 Å². The standard InChI is InChI=1S/C22H24O3/c1-3-4-5-6-17-25-21-14-12-20(13-15-21)19-10-7-18(8-11-19)9-16-22(23)24-2/h3,7-16H,1,4-6,17H2,2H3. The molecule has 0 aliphatic heterocycles. The van der Waals surface area contributed by atoms with Crippen LogP contribution in [0, 0.1) is 0 Å². The van der Waals surface area contributed by atoms with Crippen molar-refractivity contribution in [3.05, 3.63) is 72.8 Å². The summed E-state index contributed by atoms with van der Waals surface area (Å²) in [6, 6.07) is 16.1. The highest BCUT2D eigenvalue weighted by atomic mass is 16.5. The molecule has 2 aromatic rings. The second kappa shape index (κ2) is 10.1. The van der Waals surface area contributed by atoms with Crippen LogP contribution in [0.1, 0.15) is 24.8 Å². The van der Waals surface area contributed by atoms with Gasteiger partial charge in [0.25, 0.3) is 0 Å². The van der Waals surface area contributed by atoms with Crippen LogP contribution in [-0.2, 0) is 9.53 Å². The molecular weight excluding hydrogens is 312 g/mol. The van der Waals surface area contributed by atoms with Crippen LogP contribution in [0.25, 0.3) is 17.2 Å². The lowest BCUT2D eigenvalue weighted by Crippen LogP contribution is -1.96. The molecule has 0 spiro atoms. The van der Waals surface area contributed by atoms with Gasteiger partial charge in [-0.2, -0.15) is 0 Å². The maximum absolute atomic E-state index is 11.1. The zero-order valence-corrected chi connectivity index (χ0v) is 14.6. The summed E-state index contributed by atoms with van der Waals surface area (Å²) < 4.78 is 10.3. The number of esters is 1. The number of allylic oxidation sites excluding steroid dienone is 1. The highest BCUT2D eigenvalue weighted by Gasteiger charge is 2.00. The summed E-state index contributed by atoms with van der Waals surface area (Å²) in [6.45, 7) is 4.45. The van der Waals surface area contributed by atoms with E-state index in [9.17, 15) is 4.79 Å². The third-order valence-corrected chi connectivity index (χ3v) is 3.78. The van der Waals surface area contributed by atoms with E-state index in [2.05, 4.69) is 23.4 Å². The Morgan fingerprint density at radius 1 is 1.00 bits per heavy atom. The van der Waals surface area contributed by atoms with E-state index in [1.807, 2.05) is 42.5 Å². The quantitative estimate of drug-likeness (QED) is 0.271. The molecule has 0 aromatic heterocycles. The van der Waals surface area contributed by atoms with Gasteiger partial charge in [0.1, 0.15) is 5.75 Å². The van der Waals surface area contributed by atoms with Gasteiger partial charge in [0, 0.05) is 6.08 Å². The van der Waals surface area contributed by atoms with E-state index in [1.165, 1.54) is 13.2 Å². The summed E-state index contributed by atoms with van der Waals surface area (Å²) in [5.74, 6) is 0.532. The highest BCUT2D eigenvalue weighted by molar-refractivity contribution is 5.87. The summed E-state index contributed by atoms with van der Waals surface area (Å²) in [5, 5.41) is 0. The molecular formula is C22H24O3. The molecule has 0 aliphatic rings. The predicted octanol–water partition coefficient (Wildman–Crippen LogP) is 5.27. The molecule has 0 saturated heterocycles. The van der Waals surface area contributed by atoms with Crippen molar-refractivity contribution in [2.75, 3.05) is 13.7 Å². The fraction of sp³-hybridized carbons (Fsp3) is 0.227. The molecule has 0 heterocycles. The van der Waals surface area contributed by atoms with E-state index in [1.54, 1.807) is 6.08 Å². The van der Waals surface area contributed by atoms with Gasteiger partial charge in [-0.25, -0.2) is 4.79 Å². The fourth-order valence-electron chi connectivity index (χ4n) is 2.34. The van der Waals surface area contributed by atoms with Crippen molar-refractivity contribution < 1.29 is 14.3 Å². The second-order valence-electron chi connectivity index (χ2n) is 5.64. The lowest BCUT2D eigenvalue weighted by atomic mass is 10.0. The minimum atomic E-state index is -0.357. The topological polar surface area (TPSA) is 35.5 Å². The Morgan fingerprint density at radius 2 is 1.64 bits per heavy atom. The molecule has 0 aliphatic carbocycles. The smallest absolute Gasteiger partial charge is 0.330 e. The van der Waals surface area contributed by atoms with Crippen LogP contribution < -0.4 is 4.74 Å². The van der Waals surface area contributed by atoms with Gasteiger partial charge in [0.05, 0.1) is 13.7 Å². The third kappa shape index (κ3) is 6.30. The molecule has 0 saturated carbocycles. The van der Waals surface area contributed by atoms with Crippen molar-refractivity contribution in [1.29, 1.82) is 0 Å². The minimum Gasteiger partial charge on any atom is -0.494 e. The average molecular weight is 336 g/mol. The summed E-state index contributed by atoms with van der Waals surface area (Å²) >= 11 is 0. The van der Waals surface area contributed by atoms with Crippen molar-refractivity contribution in [3.63, 3.8) is 0 Å². The zero-order valence-electron chi connectivity index (χ0n) is 14.6. The van der Waals surface area contributed by atoms with E-state index in [0.717, 1.165) is 48.3 Å². The van der Waals surface area contributed by atoms with E-state index in [4.69, 9.17) is 4.74 Å². The third-order valence-electron chi connectivity index (χ3n) is 3.78. The van der Waals surface area contributed by atoms with E-state index in [-0.39, 0.29) is 5.97 Å². The van der Waals surface area contributed by atoms with Crippen molar-refractivity contribution in [1.82, 2.24) is 0 Å². The van der Waals surface area contributed by atoms with Crippen molar-refractivity contribution in [2.45, 2.75) is 19.3 Å². The first-order valence-electron chi connectivity index (χ1n) is 8.43. The van der Waals surface area contributed by atoms with Crippen molar-refractivity contribution >= 4 is 12.0 Å².